The van der Waals surface area contributed by atoms with Crippen molar-refractivity contribution < 1.29 is 9.53 Å². The largest absolute Gasteiger partial charge is 0.379 e. The van der Waals surface area contributed by atoms with Crippen molar-refractivity contribution in [2.24, 2.45) is 14.1 Å². The minimum absolute atomic E-state index is 0.145. The van der Waals surface area contributed by atoms with Crippen LogP contribution in [-0.4, -0.2) is 38.9 Å². The van der Waals surface area contributed by atoms with Crippen molar-refractivity contribution in [3.63, 3.8) is 0 Å². The molecule has 3 rings (SSSR count). The van der Waals surface area contributed by atoms with Gasteiger partial charge in [-0.1, -0.05) is 30.3 Å². The summed E-state index contributed by atoms with van der Waals surface area (Å²) < 4.78 is 9.69. The summed E-state index contributed by atoms with van der Waals surface area (Å²) in [5, 5.41) is 3.23. The molecule has 160 valence electrons. The molecule has 2 aromatic heterocycles. The summed E-state index contributed by atoms with van der Waals surface area (Å²) in [7, 11) is 3.05. The van der Waals surface area contributed by atoms with E-state index in [9.17, 15) is 14.4 Å². The first-order valence-electron chi connectivity index (χ1n) is 10.0. The van der Waals surface area contributed by atoms with Gasteiger partial charge >= 0.3 is 5.69 Å². The molecule has 0 spiro atoms. The summed E-state index contributed by atoms with van der Waals surface area (Å²) >= 11 is 0. The fourth-order valence-corrected chi connectivity index (χ4v) is 3.44. The Morgan fingerprint density at radius 1 is 1.10 bits per heavy atom. The van der Waals surface area contributed by atoms with Crippen LogP contribution >= 0.6 is 0 Å². The molecule has 8 heteroatoms. The molecule has 0 saturated carbocycles. The Labute approximate surface area is 174 Å². The van der Waals surface area contributed by atoms with Crippen molar-refractivity contribution in [1.29, 1.82) is 0 Å². The van der Waals surface area contributed by atoms with Gasteiger partial charge in [-0.2, -0.15) is 0 Å². The molecule has 3 aromatic rings. The average molecular weight is 412 g/mol. The van der Waals surface area contributed by atoms with Crippen molar-refractivity contribution in [2.45, 2.75) is 32.9 Å². The molecule has 0 fully saturated rings. The van der Waals surface area contributed by atoms with Gasteiger partial charge in [0, 0.05) is 33.8 Å². The number of hydrogen-bond donors (Lipinski definition) is 1. The van der Waals surface area contributed by atoms with Gasteiger partial charge in [-0.05, 0) is 31.9 Å². The number of carbonyl (C=O) groups excluding carboxylic acids is 1. The number of nitrogens with one attached hydrogen (secondary N) is 1. The summed E-state index contributed by atoms with van der Waals surface area (Å²) in [5.41, 5.74) is 0.886. The van der Waals surface area contributed by atoms with Crippen LogP contribution in [0.2, 0.25) is 0 Å². The Morgan fingerprint density at radius 3 is 2.47 bits per heavy atom. The van der Waals surface area contributed by atoms with E-state index in [2.05, 4.69) is 5.32 Å². The molecule has 1 N–H and O–H groups in total. The summed E-state index contributed by atoms with van der Waals surface area (Å²) in [4.78, 5) is 38.1. The molecule has 0 atom stereocenters. The smallest absolute Gasteiger partial charge is 0.332 e. The first-order valence-corrected chi connectivity index (χ1v) is 10.0. The van der Waals surface area contributed by atoms with Crippen LogP contribution in [0.15, 0.2) is 46.0 Å². The highest BCUT2D eigenvalue weighted by atomic mass is 16.5. The molecule has 0 aliphatic heterocycles. The fourth-order valence-electron chi connectivity index (χ4n) is 3.44. The highest BCUT2D eigenvalue weighted by molar-refractivity contribution is 5.98. The number of amides is 1. The maximum Gasteiger partial charge on any atom is 0.332 e. The van der Waals surface area contributed by atoms with Crippen molar-refractivity contribution >= 4 is 16.9 Å². The van der Waals surface area contributed by atoms with Gasteiger partial charge in [-0.3, -0.25) is 18.7 Å². The standard InChI is InChI=1S/C22H28N4O4/c1-15(2)30-12-8-11-23-19(27)18-13-17-20(24(3)22(29)25(4)21(17)28)26(18)14-16-9-6-5-7-10-16/h5-7,9-10,13,15H,8,11-12,14H2,1-4H3,(H,23,27). The normalized spacial score (nSPS) is 11.4. The molecule has 2 heterocycles. The lowest BCUT2D eigenvalue weighted by Gasteiger charge is -2.13. The predicted molar refractivity (Wildman–Crippen MR) is 116 cm³/mol. The van der Waals surface area contributed by atoms with Crippen LogP contribution in [0.5, 0.6) is 0 Å². The van der Waals surface area contributed by atoms with E-state index < -0.39 is 11.2 Å². The quantitative estimate of drug-likeness (QED) is 0.570. The zero-order valence-corrected chi connectivity index (χ0v) is 17.8. The molecule has 0 unspecified atom stereocenters. The third kappa shape index (κ3) is 4.38. The highest BCUT2D eigenvalue weighted by Gasteiger charge is 2.21. The van der Waals surface area contributed by atoms with Gasteiger partial charge in [-0.15, -0.1) is 0 Å². The summed E-state index contributed by atoms with van der Waals surface area (Å²) in [5.74, 6) is -0.291. The van der Waals surface area contributed by atoms with Crippen molar-refractivity contribution in [3.05, 3.63) is 68.5 Å². The number of aryl methyl sites for hydroxylation is 1. The first-order chi connectivity index (χ1) is 14.3. The summed E-state index contributed by atoms with van der Waals surface area (Å²) in [6.45, 7) is 5.30. The topological polar surface area (TPSA) is 87.3 Å². The van der Waals surface area contributed by atoms with Gasteiger partial charge in [0.2, 0.25) is 0 Å². The van der Waals surface area contributed by atoms with Crippen LogP contribution in [0, 0.1) is 0 Å². The SMILES string of the molecule is CC(C)OCCCNC(=O)c1cc2c(=O)n(C)c(=O)n(C)c2n1Cc1ccccc1. The van der Waals surface area contributed by atoms with Gasteiger partial charge < -0.3 is 14.6 Å². The third-order valence-electron chi connectivity index (χ3n) is 4.97. The Balaban J connectivity index is 2.00. The molecule has 30 heavy (non-hydrogen) atoms. The van der Waals surface area contributed by atoms with Gasteiger partial charge in [0.1, 0.15) is 11.3 Å². The molecule has 1 amide bonds. The molecular weight excluding hydrogens is 384 g/mol. The minimum Gasteiger partial charge on any atom is -0.379 e. The average Bonchev–Trinajstić information content (AvgIpc) is 3.10. The summed E-state index contributed by atoms with van der Waals surface area (Å²) in [6, 6.07) is 11.2. The van der Waals surface area contributed by atoms with Crippen LogP contribution in [0.1, 0.15) is 36.3 Å². The minimum atomic E-state index is -0.433. The lowest BCUT2D eigenvalue weighted by atomic mass is 10.2. The van der Waals surface area contributed by atoms with Crippen LogP contribution in [-0.2, 0) is 25.4 Å². The third-order valence-corrected chi connectivity index (χ3v) is 4.97. The van der Waals surface area contributed by atoms with E-state index in [4.69, 9.17) is 4.74 Å². The van der Waals surface area contributed by atoms with E-state index in [0.717, 1.165) is 10.1 Å². The van der Waals surface area contributed by atoms with Crippen molar-refractivity contribution in [1.82, 2.24) is 19.0 Å². The number of carbonyl (C=O) groups is 1. The van der Waals surface area contributed by atoms with E-state index >= 15 is 0 Å². The number of aromatic nitrogens is 3. The molecule has 0 aliphatic rings. The van der Waals surface area contributed by atoms with Crippen LogP contribution in [0.3, 0.4) is 0 Å². The number of ether oxygens (including phenoxy) is 1. The molecule has 0 bridgehead atoms. The van der Waals surface area contributed by atoms with Gasteiger partial charge in [-0.25, -0.2) is 4.79 Å². The maximum atomic E-state index is 12.9. The van der Waals surface area contributed by atoms with Gasteiger partial charge in [0.25, 0.3) is 11.5 Å². The Kier molecular flexibility index (Phi) is 6.56. The number of fused-ring (bicyclic) bond motifs is 1. The van der Waals surface area contributed by atoms with E-state index in [1.807, 2.05) is 44.2 Å². The van der Waals surface area contributed by atoms with Crippen LogP contribution in [0.4, 0.5) is 0 Å². The number of nitrogens with zero attached hydrogens (tertiary/aromatic N) is 3. The Hall–Kier alpha value is -3.13. The molecule has 1 aromatic carbocycles. The second-order valence-electron chi connectivity index (χ2n) is 7.57. The zero-order chi connectivity index (χ0) is 21.8. The Morgan fingerprint density at radius 2 is 1.80 bits per heavy atom. The fraction of sp³-hybridized carbons (Fsp3) is 0.409. The van der Waals surface area contributed by atoms with Gasteiger partial charge in [0.15, 0.2) is 0 Å². The molecule has 0 aliphatic carbocycles. The lowest BCUT2D eigenvalue weighted by Crippen LogP contribution is -2.37. The van der Waals surface area contributed by atoms with Crippen molar-refractivity contribution in [2.75, 3.05) is 13.2 Å². The second-order valence-corrected chi connectivity index (χ2v) is 7.57. The van der Waals surface area contributed by atoms with E-state index in [1.165, 1.54) is 11.6 Å². The Bertz CT molecular complexity index is 1160. The number of hydrogen-bond acceptors (Lipinski definition) is 4. The maximum absolute atomic E-state index is 12.9. The van der Waals surface area contributed by atoms with Crippen LogP contribution in [0.25, 0.3) is 11.0 Å². The lowest BCUT2D eigenvalue weighted by molar-refractivity contribution is 0.0756. The summed E-state index contributed by atoms with van der Waals surface area (Å²) in [6.07, 6.45) is 0.829. The second kappa shape index (κ2) is 9.13. The molecule has 0 saturated heterocycles. The molecular formula is C22H28N4O4. The van der Waals surface area contributed by atoms with Crippen LogP contribution < -0.4 is 16.6 Å². The van der Waals surface area contributed by atoms with Gasteiger partial charge in [0.05, 0.1) is 11.5 Å². The molecule has 8 nitrogen and oxygen atoms in total. The number of benzene rings is 1. The first kappa shape index (κ1) is 21.6. The predicted octanol–water partition coefficient (Wildman–Crippen LogP) is 1.63. The van der Waals surface area contributed by atoms with E-state index in [1.54, 1.807) is 17.7 Å². The van der Waals surface area contributed by atoms with E-state index in [0.29, 0.717) is 42.8 Å². The van der Waals surface area contributed by atoms with Crippen molar-refractivity contribution in [3.8, 4) is 0 Å². The highest BCUT2D eigenvalue weighted by Crippen LogP contribution is 2.18. The monoisotopic (exact) mass is 412 g/mol. The molecule has 0 radical (unpaired) electrons. The van der Waals surface area contributed by atoms with E-state index in [-0.39, 0.29) is 12.0 Å². The number of rotatable bonds is 8. The zero-order valence-electron chi connectivity index (χ0n) is 17.8.